The average Bonchev–Trinajstić information content (AvgIpc) is 1.77. The second-order valence-electron chi connectivity index (χ2n) is 6.86. The molecule has 0 radical (unpaired) electrons. The van der Waals surface area contributed by atoms with Gasteiger partial charge in [0.25, 0.3) is 0 Å². The van der Waals surface area contributed by atoms with E-state index < -0.39 is 0 Å². The van der Waals surface area contributed by atoms with Crippen molar-refractivity contribution in [1.82, 2.24) is 4.90 Å². The van der Waals surface area contributed by atoms with Crippen LogP contribution in [0.3, 0.4) is 0 Å². The topological polar surface area (TPSA) is 3.24 Å². The molecular weight excluding hydrogens is 170 g/mol. The highest BCUT2D eigenvalue weighted by Gasteiger charge is 2.51. The molecule has 0 aromatic rings. The first-order valence-corrected chi connectivity index (χ1v) is 5.85. The molecule has 0 spiro atoms. The van der Waals surface area contributed by atoms with E-state index in [1.165, 1.54) is 19.3 Å². The number of hydrogen-bond acceptors (Lipinski definition) is 1. The third kappa shape index (κ3) is 1.71. The lowest BCUT2D eigenvalue weighted by atomic mass is 9.59. The van der Waals surface area contributed by atoms with E-state index in [-0.39, 0.29) is 5.54 Å². The van der Waals surface area contributed by atoms with Crippen LogP contribution >= 0.6 is 0 Å². The van der Waals surface area contributed by atoms with Crippen LogP contribution in [0, 0.1) is 5.41 Å². The molecule has 0 heterocycles. The third-order valence-corrected chi connectivity index (χ3v) is 4.23. The zero-order chi connectivity index (χ0) is 11.2. The van der Waals surface area contributed by atoms with Gasteiger partial charge in [0.05, 0.1) is 0 Å². The van der Waals surface area contributed by atoms with Gasteiger partial charge >= 0.3 is 0 Å². The van der Waals surface area contributed by atoms with Crippen molar-refractivity contribution in [2.24, 2.45) is 5.41 Å². The smallest absolute Gasteiger partial charge is 0.0260 e. The first-order chi connectivity index (χ1) is 6.11. The van der Waals surface area contributed by atoms with Crippen LogP contribution in [-0.4, -0.2) is 23.0 Å². The molecule has 1 saturated carbocycles. The molecule has 1 aliphatic rings. The summed E-state index contributed by atoms with van der Waals surface area (Å²) >= 11 is 0. The monoisotopic (exact) mass is 197 g/mol. The van der Waals surface area contributed by atoms with E-state index in [1.54, 1.807) is 0 Å². The fourth-order valence-corrected chi connectivity index (χ4v) is 2.74. The quantitative estimate of drug-likeness (QED) is 0.620. The van der Waals surface area contributed by atoms with Gasteiger partial charge in [0.2, 0.25) is 0 Å². The minimum absolute atomic E-state index is 0.285. The maximum atomic E-state index is 2.60. The molecular formula is C13H27N. The third-order valence-electron chi connectivity index (χ3n) is 4.23. The van der Waals surface area contributed by atoms with Gasteiger partial charge < -0.3 is 0 Å². The van der Waals surface area contributed by atoms with Gasteiger partial charge in [-0.2, -0.15) is 0 Å². The van der Waals surface area contributed by atoms with E-state index in [4.69, 9.17) is 0 Å². The molecule has 14 heavy (non-hydrogen) atoms. The van der Waals surface area contributed by atoms with Crippen molar-refractivity contribution in [3.8, 4) is 0 Å². The Hall–Kier alpha value is -0.0400. The molecule has 0 amide bonds. The molecule has 84 valence electrons. The zero-order valence-corrected chi connectivity index (χ0v) is 11.1. The highest BCUT2D eigenvalue weighted by atomic mass is 15.2. The predicted octanol–water partition coefficient (Wildman–Crippen LogP) is 3.69. The number of hydrogen-bond donors (Lipinski definition) is 0. The molecule has 1 fully saturated rings. The Balaban J connectivity index is 2.92. The summed E-state index contributed by atoms with van der Waals surface area (Å²) in [6, 6.07) is 0. The van der Waals surface area contributed by atoms with Gasteiger partial charge in [-0.15, -0.1) is 0 Å². The van der Waals surface area contributed by atoms with E-state index in [9.17, 15) is 0 Å². The summed E-state index contributed by atoms with van der Waals surface area (Å²) < 4.78 is 0. The van der Waals surface area contributed by atoms with Crippen LogP contribution in [0.1, 0.15) is 60.8 Å². The summed E-state index contributed by atoms with van der Waals surface area (Å²) in [5.41, 5.74) is 1.12. The zero-order valence-electron chi connectivity index (χ0n) is 11.1. The van der Waals surface area contributed by atoms with Crippen LogP contribution in [0.15, 0.2) is 0 Å². The Morgan fingerprint density at radius 1 is 0.929 bits per heavy atom. The van der Waals surface area contributed by atoms with Crippen LogP contribution in [-0.2, 0) is 0 Å². The van der Waals surface area contributed by atoms with Crippen LogP contribution < -0.4 is 0 Å². The van der Waals surface area contributed by atoms with E-state index >= 15 is 0 Å². The molecule has 0 saturated heterocycles. The van der Waals surface area contributed by atoms with Gasteiger partial charge in [0.1, 0.15) is 0 Å². The molecule has 0 N–H and O–H groups in total. The van der Waals surface area contributed by atoms with Crippen molar-refractivity contribution >= 4 is 0 Å². The minimum atomic E-state index is 0.285. The first-order valence-electron chi connectivity index (χ1n) is 5.85. The summed E-state index contributed by atoms with van der Waals surface area (Å²) in [6.45, 7) is 14.1. The van der Waals surface area contributed by atoms with Crippen molar-refractivity contribution in [1.29, 1.82) is 0 Å². The van der Waals surface area contributed by atoms with Crippen LogP contribution in [0.25, 0.3) is 0 Å². The molecule has 0 aromatic carbocycles. The second-order valence-corrected chi connectivity index (χ2v) is 6.86. The summed E-state index contributed by atoms with van der Waals surface area (Å²) in [4.78, 5) is 2.60. The minimum Gasteiger partial charge on any atom is -0.295 e. The van der Waals surface area contributed by atoms with Gasteiger partial charge in [-0.25, -0.2) is 0 Å². The molecule has 0 atom stereocenters. The fraction of sp³-hybridized carbons (Fsp3) is 1.00. The largest absolute Gasteiger partial charge is 0.295 e. The summed E-state index contributed by atoms with van der Waals surface area (Å²) in [6.07, 6.45) is 4.13. The maximum absolute atomic E-state index is 2.60. The van der Waals surface area contributed by atoms with Gasteiger partial charge in [-0.1, -0.05) is 20.8 Å². The van der Waals surface area contributed by atoms with E-state index in [2.05, 4.69) is 53.5 Å². The van der Waals surface area contributed by atoms with Gasteiger partial charge in [-0.3, -0.25) is 4.90 Å². The normalized spacial score (nSPS) is 22.3. The SMILES string of the molecule is CN(C(C)(C)C)C1(C(C)(C)C)CCC1. The molecule has 0 bridgehead atoms. The Kier molecular flexibility index (Phi) is 2.78. The van der Waals surface area contributed by atoms with E-state index in [1.807, 2.05) is 0 Å². The Morgan fingerprint density at radius 2 is 1.36 bits per heavy atom. The maximum Gasteiger partial charge on any atom is 0.0260 e. The standard InChI is InChI=1S/C13H27N/c1-11(2,3)13(9-8-10-13)14(7)12(4,5)6/h8-10H2,1-7H3. The van der Waals surface area contributed by atoms with E-state index in [0.717, 1.165) is 0 Å². The fourth-order valence-electron chi connectivity index (χ4n) is 2.74. The molecule has 1 heteroatoms. The molecule has 1 rings (SSSR count). The van der Waals surface area contributed by atoms with Gasteiger partial charge in [-0.05, 0) is 52.5 Å². The molecule has 1 nitrogen and oxygen atoms in total. The van der Waals surface area contributed by atoms with E-state index in [0.29, 0.717) is 11.0 Å². The van der Waals surface area contributed by atoms with Crippen molar-refractivity contribution in [2.45, 2.75) is 71.9 Å². The highest BCUT2D eigenvalue weighted by Crippen LogP contribution is 2.51. The summed E-state index contributed by atoms with van der Waals surface area (Å²) in [7, 11) is 2.30. The Morgan fingerprint density at radius 3 is 1.43 bits per heavy atom. The highest BCUT2D eigenvalue weighted by molar-refractivity contribution is 5.07. The van der Waals surface area contributed by atoms with Crippen molar-refractivity contribution in [3.63, 3.8) is 0 Å². The van der Waals surface area contributed by atoms with Crippen LogP contribution in [0.4, 0.5) is 0 Å². The molecule has 0 aromatic heterocycles. The summed E-state index contributed by atoms with van der Waals surface area (Å²) in [5, 5.41) is 0. The Bertz CT molecular complexity index is 200. The molecule has 0 unspecified atom stereocenters. The molecule has 0 aliphatic heterocycles. The van der Waals surface area contributed by atoms with Crippen molar-refractivity contribution < 1.29 is 0 Å². The lowest BCUT2D eigenvalue weighted by molar-refractivity contribution is -0.0963. The number of nitrogens with zero attached hydrogens (tertiary/aromatic N) is 1. The predicted molar refractivity (Wildman–Crippen MR) is 63.6 cm³/mol. The second kappa shape index (κ2) is 3.23. The van der Waals surface area contributed by atoms with Crippen LogP contribution in [0.2, 0.25) is 0 Å². The van der Waals surface area contributed by atoms with Crippen LogP contribution in [0.5, 0.6) is 0 Å². The molecule has 1 aliphatic carbocycles. The van der Waals surface area contributed by atoms with Crippen molar-refractivity contribution in [3.05, 3.63) is 0 Å². The Labute approximate surface area is 89.9 Å². The van der Waals surface area contributed by atoms with Gasteiger partial charge in [0.15, 0.2) is 0 Å². The summed E-state index contributed by atoms with van der Waals surface area (Å²) in [5.74, 6) is 0. The van der Waals surface area contributed by atoms with Gasteiger partial charge in [0, 0.05) is 11.1 Å². The lowest BCUT2D eigenvalue weighted by Crippen LogP contribution is -2.65. The first kappa shape index (κ1) is 12.0. The lowest BCUT2D eigenvalue weighted by Gasteiger charge is -2.61. The number of rotatable bonds is 1. The average molecular weight is 197 g/mol. The van der Waals surface area contributed by atoms with Crippen molar-refractivity contribution in [2.75, 3.05) is 7.05 Å².